The van der Waals surface area contributed by atoms with E-state index >= 15 is 0 Å². The Kier molecular flexibility index (Phi) is 6.16. The summed E-state index contributed by atoms with van der Waals surface area (Å²) in [4.78, 5) is 25.0. The van der Waals surface area contributed by atoms with E-state index in [9.17, 15) is 9.59 Å². The van der Waals surface area contributed by atoms with Gasteiger partial charge in [-0.05, 0) is 72.1 Å². The highest BCUT2D eigenvalue weighted by Crippen LogP contribution is 2.45. The van der Waals surface area contributed by atoms with Gasteiger partial charge in [0.15, 0.2) is 0 Å². The minimum atomic E-state index is -0.721. The summed E-state index contributed by atoms with van der Waals surface area (Å²) in [5.41, 5.74) is -1.56. The van der Waals surface area contributed by atoms with Crippen molar-refractivity contribution in [3.05, 3.63) is 0 Å². The van der Waals surface area contributed by atoms with Gasteiger partial charge in [0.25, 0.3) is 0 Å². The Bertz CT molecular complexity index is 459. The lowest BCUT2D eigenvalue weighted by Crippen LogP contribution is -2.46. The SMILES string of the molecule is CCC(C)(C)C(=O)OC1(CC(=O)OC(C)(C)C)CCC(C)(C)CC1. The lowest BCUT2D eigenvalue weighted by atomic mass is 9.69. The second-order valence-corrected chi connectivity index (χ2v) is 9.74. The predicted octanol–water partition coefficient (Wildman–Crippen LogP) is 5.04. The number of rotatable bonds is 5. The zero-order chi connectivity index (χ0) is 18.8. The maximum atomic E-state index is 12.6. The van der Waals surface area contributed by atoms with E-state index in [1.54, 1.807) is 0 Å². The van der Waals surface area contributed by atoms with Gasteiger partial charge in [0, 0.05) is 0 Å². The molecule has 0 aromatic heterocycles. The Labute approximate surface area is 147 Å². The van der Waals surface area contributed by atoms with Gasteiger partial charge in [0.05, 0.1) is 11.8 Å². The molecule has 0 N–H and O–H groups in total. The molecular formula is C20H36O4. The normalized spacial score (nSPS) is 20.3. The molecule has 0 aliphatic heterocycles. The molecule has 0 heterocycles. The van der Waals surface area contributed by atoms with Crippen molar-refractivity contribution in [3.8, 4) is 0 Å². The standard InChI is InChI=1S/C20H36O4/c1-9-19(7,8)16(22)24-20(12-10-18(5,6)11-13-20)14-15(21)23-17(2,3)4/h9-14H2,1-8H3. The van der Waals surface area contributed by atoms with Crippen LogP contribution in [0.2, 0.25) is 0 Å². The zero-order valence-corrected chi connectivity index (χ0v) is 16.9. The van der Waals surface area contributed by atoms with Gasteiger partial charge in [-0.25, -0.2) is 0 Å². The molecule has 4 nitrogen and oxygen atoms in total. The van der Waals surface area contributed by atoms with Crippen molar-refractivity contribution in [1.82, 2.24) is 0 Å². The van der Waals surface area contributed by atoms with Crippen molar-refractivity contribution in [1.29, 1.82) is 0 Å². The molecule has 1 aliphatic carbocycles. The number of ether oxygens (including phenoxy) is 2. The lowest BCUT2D eigenvalue weighted by Gasteiger charge is -2.44. The average Bonchev–Trinajstić information content (AvgIpc) is 2.40. The molecule has 1 saturated carbocycles. The Balaban J connectivity index is 2.93. The Hall–Kier alpha value is -1.06. The summed E-state index contributed by atoms with van der Waals surface area (Å²) >= 11 is 0. The fourth-order valence-corrected chi connectivity index (χ4v) is 2.82. The minimum Gasteiger partial charge on any atom is -0.460 e. The summed E-state index contributed by atoms with van der Waals surface area (Å²) in [6.45, 7) is 15.8. The summed E-state index contributed by atoms with van der Waals surface area (Å²) < 4.78 is 11.5. The first-order valence-electron chi connectivity index (χ1n) is 9.16. The smallest absolute Gasteiger partial charge is 0.312 e. The zero-order valence-electron chi connectivity index (χ0n) is 16.9. The maximum Gasteiger partial charge on any atom is 0.312 e. The number of hydrogen-bond donors (Lipinski definition) is 0. The second-order valence-electron chi connectivity index (χ2n) is 9.74. The first-order valence-corrected chi connectivity index (χ1v) is 9.16. The number of hydrogen-bond acceptors (Lipinski definition) is 4. The van der Waals surface area contributed by atoms with Gasteiger partial charge in [-0.3, -0.25) is 9.59 Å². The van der Waals surface area contributed by atoms with Crippen LogP contribution in [0.1, 0.15) is 93.9 Å². The van der Waals surface area contributed by atoms with Crippen LogP contribution >= 0.6 is 0 Å². The number of esters is 2. The molecule has 1 aliphatic rings. The largest absolute Gasteiger partial charge is 0.460 e. The first-order chi connectivity index (χ1) is 10.7. The van der Waals surface area contributed by atoms with Crippen LogP contribution in [0.5, 0.6) is 0 Å². The second kappa shape index (κ2) is 7.05. The molecule has 0 unspecified atom stereocenters. The Morgan fingerprint density at radius 3 is 1.88 bits per heavy atom. The topological polar surface area (TPSA) is 52.6 Å². The van der Waals surface area contributed by atoms with Gasteiger partial charge >= 0.3 is 11.9 Å². The van der Waals surface area contributed by atoms with E-state index in [1.165, 1.54) is 0 Å². The van der Waals surface area contributed by atoms with Crippen LogP contribution < -0.4 is 0 Å². The van der Waals surface area contributed by atoms with Crippen LogP contribution in [0.25, 0.3) is 0 Å². The fourth-order valence-electron chi connectivity index (χ4n) is 2.82. The van der Waals surface area contributed by atoms with Crippen molar-refractivity contribution in [2.75, 3.05) is 0 Å². The van der Waals surface area contributed by atoms with E-state index < -0.39 is 16.6 Å². The van der Waals surface area contributed by atoms with E-state index in [0.717, 1.165) is 12.8 Å². The van der Waals surface area contributed by atoms with Crippen LogP contribution in [0.3, 0.4) is 0 Å². The van der Waals surface area contributed by atoms with E-state index in [4.69, 9.17) is 9.47 Å². The summed E-state index contributed by atoms with van der Waals surface area (Å²) in [5, 5.41) is 0. The van der Waals surface area contributed by atoms with Crippen LogP contribution in [-0.4, -0.2) is 23.1 Å². The molecule has 0 bridgehead atoms. The molecule has 0 spiro atoms. The monoisotopic (exact) mass is 340 g/mol. The van der Waals surface area contributed by atoms with Crippen molar-refractivity contribution in [3.63, 3.8) is 0 Å². The third-order valence-electron chi connectivity index (χ3n) is 5.15. The van der Waals surface area contributed by atoms with Crippen molar-refractivity contribution in [2.24, 2.45) is 10.8 Å². The summed E-state index contributed by atoms with van der Waals surface area (Å²) in [5.74, 6) is -0.502. The highest BCUT2D eigenvalue weighted by Gasteiger charge is 2.45. The number of carbonyl (C=O) groups is 2. The molecule has 0 radical (unpaired) electrons. The molecule has 1 fully saturated rings. The molecule has 24 heavy (non-hydrogen) atoms. The highest BCUT2D eigenvalue weighted by atomic mass is 16.6. The van der Waals surface area contributed by atoms with Crippen LogP contribution in [0.4, 0.5) is 0 Å². The van der Waals surface area contributed by atoms with Gasteiger partial charge in [-0.15, -0.1) is 0 Å². The molecule has 0 amide bonds. The molecule has 0 aromatic rings. The fraction of sp³-hybridized carbons (Fsp3) is 0.900. The quantitative estimate of drug-likeness (QED) is 0.658. The predicted molar refractivity (Wildman–Crippen MR) is 95.6 cm³/mol. The van der Waals surface area contributed by atoms with Crippen molar-refractivity contribution < 1.29 is 19.1 Å². The Morgan fingerprint density at radius 1 is 0.958 bits per heavy atom. The Morgan fingerprint density at radius 2 is 1.46 bits per heavy atom. The van der Waals surface area contributed by atoms with E-state index in [2.05, 4.69) is 13.8 Å². The third kappa shape index (κ3) is 6.10. The van der Waals surface area contributed by atoms with E-state index in [-0.39, 0.29) is 23.8 Å². The average molecular weight is 341 g/mol. The highest BCUT2D eigenvalue weighted by molar-refractivity contribution is 5.77. The maximum absolute atomic E-state index is 12.6. The number of carbonyl (C=O) groups excluding carboxylic acids is 2. The summed E-state index contributed by atoms with van der Waals surface area (Å²) in [7, 11) is 0. The third-order valence-corrected chi connectivity index (χ3v) is 5.15. The van der Waals surface area contributed by atoms with Crippen molar-refractivity contribution >= 4 is 11.9 Å². The van der Waals surface area contributed by atoms with Gasteiger partial charge in [0.1, 0.15) is 11.2 Å². The molecule has 0 atom stereocenters. The van der Waals surface area contributed by atoms with E-state index in [1.807, 2.05) is 41.5 Å². The minimum absolute atomic E-state index is 0.145. The summed E-state index contributed by atoms with van der Waals surface area (Å²) in [6.07, 6.45) is 4.16. The van der Waals surface area contributed by atoms with Crippen LogP contribution in [0.15, 0.2) is 0 Å². The van der Waals surface area contributed by atoms with E-state index in [0.29, 0.717) is 19.3 Å². The molecular weight excluding hydrogens is 304 g/mol. The summed E-state index contributed by atoms with van der Waals surface area (Å²) in [6, 6.07) is 0. The molecule has 0 aromatic carbocycles. The van der Waals surface area contributed by atoms with Crippen LogP contribution in [0, 0.1) is 10.8 Å². The lowest BCUT2D eigenvalue weighted by molar-refractivity contribution is -0.184. The van der Waals surface area contributed by atoms with Crippen LogP contribution in [-0.2, 0) is 19.1 Å². The van der Waals surface area contributed by atoms with Gasteiger partial charge in [0.2, 0.25) is 0 Å². The first kappa shape index (κ1) is 21.0. The molecule has 140 valence electrons. The van der Waals surface area contributed by atoms with Gasteiger partial charge < -0.3 is 9.47 Å². The van der Waals surface area contributed by atoms with Crippen molar-refractivity contribution in [2.45, 2.75) is 105 Å². The molecule has 1 rings (SSSR count). The van der Waals surface area contributed by atoms with Gasteiger partial charge in [-0.1, -0.05) is 20.8 Å². The van der Waals surface area contributed by atoms with Gasteiger partial charge in [-0.2, -0.15) is 0 Å². The molecule has 0 saturated heterocycles. The molecule has 4 heteroatoms.